The highest BCUT2D eigenvalue weighted by molar-refractivity contribution is 8.03. The monoisotopic (exact) mass is 410 g/mol. The van der Waals surface area contributed by atoms with E-state index in [0.717, 1.165) is 29.8 Å². The van der Waals surface area contributed by atoms with E-state index in [1.165, 1.54) is 11.8 Å². The minimum Gasteiger partial charge on any atom is -0.457 e. The summed E-state index contributed by atoms with van der Waals surface area (Å²) in [5, 5.41) is 10.1. The van der Waals surface area contributed by atoms with Crippen LogP contribution in [0.5, 0.6) is 0 Å². The molecule has 2 atom stereocenters. The first-order valence-electron chi connectivity index (χ1n) is 9.88. The van der Waals surface area contributed by atoms with Gasteiger partial charge in [0.15, 0.2) is 6.61 Å². The zero-order chi connectivity index (χ0) is 20.5. The Labute approximate surface area is 173 Å². The third-order valence-corrected chi connectivity index (χ3v) is 7.31. The third-order valence-electron chi connectivity index (χ3n) is 6.07. The summed E-state index contributed by atoms with van der Waals surface area (Å²) in [6.07, 6.45) is 3.75. The molecule has 0 amide bonds. The number of esters is 1. The van der Waals surface area contributed by atoms with Crippen LogP contribution in [0.1, 0.15) is 32.1 Å². The second-order valence-corrected chi connectivity index (χ2v) is 8.88. The quantitative estimate of drug-likeness (QED) is 0.427. The molecule has 2 fully saturated rings. The number of carbonyl (C=O) groups excluding carboxylic acids is 3. The van der Waals surface area contributed by atoms with Crippen LogP contribution >= 0.6 is 11.8 Å². The smallest absolute Gasteiger partial charge is 0.309 e. The summed E-state index contributed by atoms with van der Waals surface area (Å²) in [5.74, 6) is -1.07. The molecule has 1 aromatic carbocycles. The van der Waals surface area contributed by atoms with Gasteiger partial charge in [0.25, 0.3) is 0 Å². The minimum atomic E-state index is -0.505. The lowest BCUT2D eigenvalue weighted by molar-refractivity contribution is -0.155. The number of nitrogens with zero attached hydrogens (tertiary/aromatic N) is 2. The van der Waals surface area contributed by atoms with Crippen molar-refractivity contribution >= 4 is 35.0 Å². The number of benzene rings is 1. The molecule has 0 spiro atoms. The number of thioether (sulfide) groups is 1. The zero-order valence-corrected chi connectivity index (χ0v) is 17.0. The van der Waals surface area contributed by atoms with Crippen LogP contribution in [0.15, 0.2) is 39.8 Å². The number of ketones is 2. The topological polar surface area (TPSA) is 87.5 Å². The molecular weight excluding hydrogens is 388 g/mol. The van der Waals surface area contributed by atoms with E-state index in [1.54, 1.807) is 0 Å². The van der Waals surface area contributed by atoms with Gasteiger partial charge in [-0.1, -0.05) is 30.3 Å². The summed E-state index contributed by atoms with van der Waals surface area (Å²) in [6, 6.07) is 9.65. The number of nitriles is 1. The Kier molecular flexibility index (Phi) is 5.46. The van der Waals surface area contributed by atoms with Crippen molar-refractivity contribution in [2.24, 2.45) is 17.8 Å². The molecule has 2 aliphatic carbocycles. The van der Waals surface area contributed by atoms with Crippen molar-refractivity contribution in [1.29, 1.82) is 5.26 Å². The summed E-state index contributed by atoms with van der Waals surface area (Å²) in [4.78, 5) is 40.1. The molecule has 6 nitrogen and oxygen atoms in total. The van der Waals surface area contributed by atoms with E-state index in [-0.39, 0.29) is 29.1 Å². The number of Topliss-reactive ketones (excluding diaryl/α,β-unsaturated/α-hetero) is 2. The Hall–Kier alpha value is -2.59. The minimum absolute atomic E-state index is 0.00260. The maximum Gasteiger partial charge on any atom is 0.309 e. The average Bonchev–Trinajstić information content (AvgIpc) is 3.03. The second kappa shape index (κ2) is 8.03. The van der Waals surface area contributed by atoms with Gasteiger partial charge >= 0.3 is 5.97 Å². The average molecular weight is 410 g/mol. The van der Waals surface area contributed by atoms with E-state index in [0.29, 0.717) is 17.9 Å². The number of rotatable bonds is 4. The van der Waals surface area contributed by atoms with Crippen molar-refractivity contribution in [2.45, 2.75) is 37.0 Å². The Balaban J connectivity index is 1.41. The Bertz CT molecular complexity index is 932. The van der Waals surface area contributed by atoms with E-state index < -0.39 is 18.4 Å². The molecule has 2 saturated carbocycles. The molecule has 0 saturated heterocycles. The molecule has 150 valence electrons. The van der Waals surface area contributed by atoms with Gasteiger partial charge in [-0.15, -0.1) is 0 Å². The number of ether oxygens (including phenoxy) is 1. The lowest BCUT2D eigenvalue weighted by Gasteiger charge is -2.36. The number of para-hydroxylation sites is 1. The highest BCUT2D eigenvalue weighted by Crippen LogP contribution is 2.46. The number of carbonyl (C=O) groups is 3. The van der Waals surface area contributed by atoms with Crippen LogP contribution in [0.2, 0.25) is 0 Å². The number of fused-ring (bicyclic) bond motifs is 3. The van der Waals surface area contributed by atoms with Gasteiger partial charge in [-0.05, 0) is 37.8 Å². The lowest BCUT2D eigenvalue weighted by atomic mass is 9.67. The van der Waals surface area contributed by atoms with E-state index in [9.17, 15) is 19.6 Å². The Morgan fingerprint density at radius 2 is 1.93 bits per heavy atom. The number of hydrogen-bond donors (Lipinski definition) is 0. The fourth-order valence-corrected chi connectivity index (χ4v) is 5.71. The normalized spacial score (nSPS) is 27.1. The molecule has 4 rings (SSSR count). The van der Waals surface area contributed by atoms with Gasteiger partial charge in [0, 0.05) is 23.8 Å². The number of hydrogen-bond acceptors (Lipinski definition) is 7. The molecule has 7 heteroatoms. The molecule has 1 aromatic rings. The summed E-state index contributed by atoms with van der Waals surface area (Å²) in [7, 11) is 1.81. The molecular formula is C22H22N2O4S. The van der Waals surface area contributed by atoms with Crippen LogP contribution < -0.4 is 4.90 Å². The van der Waals surface area contributed by atoms with Crippen molar-refractivity contribution in [3.63, 3.8) is 0 Å². The Morgan fingerprint density at radius 1 is 1.24 bits per heavy atom. The molecule has 0 radical (unpaired) electrons. The molecule has 1 aliphatic heterocycles. The molecule has 3 aliphatic rings. The number of anilines is 1. The predicted molar refractivity (Wildman–Crippen MR) is 108 cm³/mol. The first kappa shape index (κ1) is 19.7. The van der Waals surface area contributed by atoms with Crippen molar-refractivity contribution in [3.05, 3.63) is 34.9 Å². The lowest BCUT2D eigenvalue weighted by Crippen LogP contribution is -2.39. The summed E-state index contributed by atoms with van der Waals surface area (Å²) in [6.45, 7) is -0.449. The molecule has 2 unspecified atom stereocenters. The van der Waals surface area contributed by atoms with E-state index in [1.807, 2.05) is 42.3 Å². The maximum atomic E-state index is 12.6. The van der Waals surface area contributed by atoms with E-state index in [2.05, 4.69) is 0 Å². The van der Waals surface area contributed by atoms with E-state index >= 15 is 0 Å². The second-order valence-electron chi connectivity index (χ2n) is 7.85. The van der Waals surface area contributed by atoms with Crippen molar-refractivity contribution in [1.82, 2.24) is 0 Å². The van der Waals surface area contributed by atoms with Crippen molar-refractivity contribution in [2.75, 3.05) is 18.6 Å². The Morgan fingerprint density at radius 3 is 2.59 bits per heavy atom. The molecule has 0 aromatic heterocycles. The van der Waals surface area contributed by atoms with Gasteiger partial charge in [0.2, 0.25) is 5.78 Å². The van der Waals surface area contributed by atoms with Crippen LogP contribution in [-0.2, 0) is 19.1 Å². The largest absolute Gasteiger partial charge is 0.457 e. The van der Waals surface area contributed by atoms with Gasteiger partial charge in [0.05, 0.1) is 11.6 Å². The van der Waals surface area contributed by atoms with Crippen LogP contribution in [-0.4, -0.2) is 31.2 Å². The van der Waals surface area contributed by atoms with E-state index in [4.69, 9.17) is 4.74 Å². The van der Waals surface area contributed by atoms with Crippen molar-refractivity contribution in [3.8, 4) is 6.07 Å². The van der Waals surface area contributed by atoms with Crippen LogP contribution in [0, 0.1) is 29.1 Å². The van der Waals surface area contributed by atoms with Gasteiger partial charge in [-0.3, -0.25) is 14.4 Å². The SMILES string of the molecule is CN1/C(=C(/C#N)C(=O)COC(=O)C2CC3CCCC(C2)C3=O)Sc2ccccc21. The highest BCUT2D eigenvalue weighted by atomic mass is 32.2. The van der Waals surface area contributed by atoms with Gasteiger partial charge in [0.1, 0.15) is 22.5 Å². The van der Waals surface area contributed by atoms with Gasteiger partial charge < -0.3 is 9.64 Å². The summed E-state index contributed by atoms with van der Waals surface area (Å²) in [5.41, 5.74) is 0.931. The van der Waals surface area contributed by atoms with Crippen LogP contribution in [0.3, 0.4) is 0 Å². The van der Waals surface area contributed by atoms with Crippen LogP contribution in [0.25, 0.3) is 0 Å². The van der Waals surface area contributed by atoms with Gasteiger partial charge in [-0.2, -0.15) is 5.26 Å². The fourth-order valence-electron chi connectivity index (χ4n) is 4.55. The van der Waals surface area contributed by atoms with Crippen LogP contribution in [0.4, 0.5) is 5.69 Å². The maximum absolute atomic E-state index is 12.6. The predicted octanol–water partition coefficient (Wildman–Crippen LogP) is 3.47. The first-order valence-corrected chi connectivity index (χ1v) is 10.7. The third kappa shape index (κ3) is 3.69. The summed E-state index contributed by atoms with van der Waals surface area (Å²) < 4.78 is 5.29. The van der Waals surface area contributed by atoms with Crippen molar-refractivity contribution < 1.29 is 19.1 Å². The molecule has 0 N–H and O–H groups in total. The zero-order valence-electron chi connectivity index (χ0n) is 16.2. The standard InChI is InChI=1S/C22H22N2O4S/c1-24-17-7-2-3-8-19(17)29-21(24)16(11-23)18(25)12-28-22(27)15-9-13-5-4-6-14(10-15)20(13)26/h2-3,7-8,13-15H,4-6,9-10,12H2,1H3/b21-16+. The fraction of sp³-hybridized carbons (Fsp3) is 0.455. The molecule has 29 heavy (non-hydrogen) atoms. The molecule has 1 heterocycles. The summed E-state index contributed by atoms with van der Waals surface area (Å²) >= 11 is 1.36. The molecule has 2 bridgehead atoms. The highest BCUT2D eigenvalue weighted by Gasteiger charge is 2.42. The first-order chi connectivity index (χ1) is 14.0. The van der Waals surface area contributed by atoms with Gasteiger partial charge in [-0.25, -0.2) is 0 Å².